The SMILES string of the molecule is CCOc1cc(/C=N\n2cn[nH]c2=S)ccc1O[C@@H](C)C(=O)N(C)C. The van der Waals surface area contributed by atoms with E-state index in [1.165, 1.54) is 15.9 Å². The van der Waals surface area contributed by atoms with Crippen LogP contribution < -0.4 is 9.47 Å². The zero-order valence-corrected chi connectivity index (χ0v) is 15.4. The molecule has 1 N–H and O–H groups in total. The third-order valence-electron chi connectivity index (χ3n) is 3.23. The van der Waals surface area contributed by atoms with E-state index in [0.29, 0.717) is 22.9 Å². The van der Waals surface area contributed by atoms with Gasteiger partial charge in [0.2, 0.25) is 4.77 Å². The highest BCUT2D eigenvalue weighted by Crippen LogP contribution is 2.29. The van der Waals surface area contributed by atoms with Crippen LogP contribution in [0.3, 0.4) is 0 Å². The van der Waals surface area contributed by atoms with Gasteiger partial charge >= 0.3 is 0 Å². The molecule has 1 aromatic heterocycles. The van der Waals surface area contributed by atoms with Crippen LogP contribution in [0.2, 0.25) is 0 Å². The number of ether oxygens (including phenoxy) is 2. The minimum atomic E-state index is -0.613. The summed E-state index contributed by atoms with van der Waals surface area (Å²) >= 11 is 5.03. The molecule has 0 spiro atoms. The normalized spacial score (nSPS) is 12.2. The van der Waals surface area contributed by atoms with Gasteiger partial charge in [-0.3, -0.25) is 9.89 Å². The minimum Gasteiger partial charge on any atom is -0.490 e. The van der Waals surface area contributed by atoms with Crippen LogP contribution in [0.5, 0.6) is 11.5 Å². The van der Waals surface area contributed by atoms with Crippen LogP contribution in [0.25, 0.3) is 0 Å². The molecule has 0 aliphatic rings. The van der Waals surface area contributed by atoms with Gasteiger partial charge in [-0.05, 0) is 49.8 Å². The van der Waals surface area contributed by atoms with Gasteiger partial charge in [-0.1, -0.05) is 0 Å². The molecule has 2 rings (SSSR count). The topological polar surface area (TPSA) is 84.7 Å². The molecular formula is C16H21N5O3S. The first kappa shape index (κ1) is 18.7. The monoisotopic (exact) mass is 363 g/mol. The number of rotatable bonds is 7. The zero-order chi connectivity index (χ0) is 18.4. The van der Waals surface area contributed by atoms with Gasteiger partial charge in [-0.2, -0.15) is 14.9 Å². The average Bonchev–Trinajstić information content (AvgIpc) is 2.99. The van der Waals surface area contributed by atoms with Crippen molar-refractivity contribution in [2.75, 3.05) is 20.7 Å². The van der Waals surface area contributed by atoms with Gasteiger partial charge in [0.15, 0.2) is 17.6 Å². The Kier molecular flexibility index (Phi) is 6.29. The summed E-state index contributed by atoms with van der Waals surface area (Å²) in [6, 6.07) is 5.36. The van der Waals surface area contributed by atoms with Crippen molar-refractivity contribution in [2.24, 2.45) is 5.10 Å². The molecule has 0 aliphatic carbocycles. The van der Waals surface area contributed by atoms with E-state index in [-0.39, 0.29) is 5.91 Å². The lowest BCUT2D eigenvalue weighted by Gasteiger charge is -2.20. The standard InChI is InChI=1S/C16H21N5O3S/c1-5-23-14-8-12(9-18-21-10-17-19-16(21)25)6-7-13(14)24-11(2)15(22)20(3)4/h6-11H,5H2,1-4H3,(H,19,25)/b18-9-/t11-/m0/s1. The summed E-state index contributed by atoms with van der Waals surface area (Å²) in [6.07, 6.45) is 2.50. The van der Waals surface area contributed by atoms with Gasteiger partial charge in [-0.15, -0.1) is 0 Å². The van der Waals surface area contributed by atoms with Crippen molar-refractivity contribution >= 4 is 24.3 Å². The van der Waals surface area contributed by atoms with Crippen LogP contribution in [0, 0.1) is 4.77 Å². The minimum absolute atomic E-state index is 0.123. The van der Waals surface area contributed by atoms with Crippen LogP contribution in [0.1, 0.15) is 19.4 Å². The molecule has 0 aliphatic heterocycles. The molecule has 134 valence electrons. The highest BCUT2D eigenvalue weighted by molar-refractivity contribution is 7.71. The van der Waals surface area contributed by atoms with Crippen LogP contribution in [-0.4, -0.2) is 58.7 Å². The van der Waals surface area contributed by atoms with Crippen LogP contribution in [0.15, 0.2) is 29.6 Å². The van der Waals surface area contributed by atoms with Crippen molar-refractivity contribution in [3.63, 3.8) is 0 Å². The number of benzene rings is 1. The average molecular weight is 363 g/mol. The largest absolute Gasteiger partial charge is 0.490 e. The molecule has 8 nitrogen and oxygen atoms in total. The lowest BCUT2D eigenvalue weighted by Crippen LogP contribution is -2.35. The number of nitrogens with one attached hydrogen (secondary N) is 1. The van der Waals surface area contributed by atoms with Crippen molar-refractivity contribution in [1.82, 2.24) is 19.8 Å². The van der Waals surface area contributed by atoms with E-state index in [2.05, 4.69) is 15.3 Å². The second-order valence-corrected chi connectivity index (χ2v) is 5.77. The Labute approximate surface area is 151 Å². The van der Waals surface area contributed by atoms with Gasteiger partial charge in [0, 0.05) is 14.1 Å². The number of carbonyl (C=O) groups excluding carboxylic acids is 1. The van der Waals surface area contributed by atoms with Crippen molar-refractivity contribution in [3.8, 4) is 11.5 Å². The van der Waals surface area contributed by atoms with Crippen LogP contribution in [-0.2, 0) is 4.79 Å². The molecular weight excluding hydrogens is 342 g/mol. The van der Waals surface area contributed by atoms with E-state index >= 15 is 0 Å². The number of aromatic nitrogens is 3. The Morgan fingerprint density at radius 3 is 2.84 bits per heavy atom. The third kappa shape index (κ3) is 4.90. The maximum absolute atomic E-state index is 12.0. The Morgan fingerprint density at radius 2 is 2.24 bits per heavy atom. The summed E-state index contributed by atoms with van der Waals surface area (Å²) in [6.45, 7) is 4.05. The Balaban J connectivity index is 2.22. The predicted molar refractivity (Wildman–Crippen MR) is 96.8 cm³/mol. The predicted octanol–water partition coefficient (Wildman–Crippen LogP) is 2.08. The molecule has 0 saturated carbocycles. The van der Waals surface area contributed by atoms with E-state index in [4.69, 9.17) is 21.7 Å². The molecule has 0 radical (unpaired) electrons. The first-order chi connectivity index (χ1) is 11.9. The molecule has 1 atom stereocenters. The molecule has 0 saturated heterocycles. The van der Waals surface area contributed by atoms with Gasteiger partial charge in [0.05, 0.1) is 12.8 Å². The lowest BCUT2D eigenvalue weighted by atomic mass is 10.2. The van der Waals surface area contributed by atoms with Crippen molar-refractivity contribution in [3.05, 3.63) is 34.9 Å². The molecule has 1 amide bonds. The van der Waals surface area contributed by atoms with Gasteiger partial charge < -0.3 is 14.4 Å². The second kappa shape index (κ2) is 8.43. The summed E-state index contributed by atoms with van der Waals surface area (Å²) in [5.74, 6) is 0.921. The fraction of sp³-hybridized carbons (Fsp3) is 0.375. The van der Waals surface area contributed by atoms with Gasteiger partial charge in [0.1, 0.15) is 6.33 Å². The van der Waals surface area contributed by atoms with E-state index in [9.17, 15) is 4.79 Å². The number of hydrogen-bond acceptors (Lipinski definition) is 6. The van der Waals surface area contributed by atoms with E-state index in [0.717, 1.165) is 5.56 Å². The highest BCUT2D eigenvalue weighted by Gasteiger charge is 2.18. The first-order valence-electron chi connectivity index (χ1n) is 7.73. The van der Waals surface area contributed by atoms with Crippen molar-refractivity contribution in [2.45, 2.75) is 20.0 Å². The second-order valence-electron chi connectivity index (χ2n) is 5.38. The van der Waals surface area contributed by atoms with Gasteiger partial charge in [0.25, 0.3) is 5.91 Å². The molecule has 2 aromatic rings. The quantitative estimate of drug-likeness (QED) is 0.601. The molecule has 25 heavy (non-hydrogen) atoms. The Bertz CT molecular complexity index is 812. The van der Waals surface area contributed by atoms with E-state index in [1.54, 1.807) is 39.4 Å². The number of aromatic amines is 1. The summed E-state index contributed by atoms with van der Waals surface area (Å²) in [4.78, 5) is 13.5. The lowest BCUT2D eigenvalue weighted by molar-refractivity contribution is -0.135. The molecule has 0 fully saturated rings. The van der Waals surface area contributed by atoms with Crippen molar-refractivity contribution in [1.29, 1.82) is 0 Å². The van der Waals surface area contributed by atoms with Gasteiger partial charge in [-0.25, -0.2) is 0 Å². The number of H-pyrrole nitrogens is 1. The van der Waals surface area contributed by atoms with Crippen LogP contribution in [0.4, 0.5) is 0 Å². The van der Waals surface area contributed by atoms with E-state index in [1.807, 2.05) is 13.0 Å². The number of nitrogens with zero attached hydrogens (tertiary/aromatic N) is 4. The Morgan fingerprint density at radius 1 is 1.48 bits per heavy atom. The van der Waals surface area contributed by atoms with Crippen molar-refractivity contribution < 1.29 is 14.3 Å². The van der Waals surface area contributed by atoms with E-state index < -0.39 is 6.10 Å². The summed E-state index contributed by atoms with van der Waals surface area (Å²) in [5.41, 5.74) is 0.797. The Hall–Kier alpha value is -2.68. The number of amides is 1. The first-order valence-corrected chi connectivity index (χ1v) is 8.14. The number of carbonyl (C=O) groups is 1. The highest BCUT2D eigenvalue weighted by atomic mass is 32.1. The fourth-order valence-electron chi connectivity index (χ4n) is 2.03. The fourth-order valence-corrected chi connectivity index (χ4v) is 2.18. The molecule has 1 aromatic carbocycles. The summed E-state index contributed by atoms with van der Waals surface area (Å²) in [5, 5.41) is 10.6. The molecule has 0 unspecified atom stereocenters. The molecule has 1 heterocycles. The summed E-state index contributed by atoms with van der Waals surface area (Å²) < 4.78 is 13.2. The number of hydrogen-bond donors (Lipinski definition) is 1. The number of likely N-dealkylation sites (N-methyl/N-ethyl adjacent to an activating group) is 1. The molecule has 9 heteroatoms. The molecule has 0 bridgehead atoms. The summed E-state index contributed by atoms with van der Waals surface area (Å²) in [7, 11) is 3.37. The zero-order valence-electron chi connectivity index (χ0n) is 14.6. The smallest absolute Gasteiger partial charge is 0.262 e. The van der Waals surface area contributed by atoms with Crippen LogP contribution >= 0.6 is 12.2 Å². The maximum Gasteiger partial charge on any atom is 0.262 e. The maximum atomic E-state index is 12.0. The third-order valence-corrected chi connectivity index (χ3v) is 3.50.